The molecule has 0 N–H and O–H groups in total. The van der Waals surface area contributed by atoms with Gasteiger partial charge in [-0.2, -0.15) is 0 Å². The summed E-state index contributed by atoms with van der Waals surface area (Å²) in [6, 6.07) is 24.8. The van der Waals surface area contributed by atoms with Crippen LogP contribution in [-0.2, 0) is 0 Å². The zero-order valence-corrected chi connectivity index (χ0v) is 20.1. The van der Waals surface area contributed by atoms with Crippen molar-refractivity contribution in [1.29, 1.82) is 0 Å². The summed E-state index contributed by atoms with van der Waals surface area (Å²) in [4.78, 5) is 0. The van der Waals surface area contributed by atoms with Crippen LogP contribution < -0.4 is 0 Å². The minimum atomic E-state index is -1.46. The maximum absolute atomic E-state index is 4.75. The molecule has 0 aliphatic carbocycles. The Morgan fingerprint density at radius 2 is 0.793 bits per heavy atom. The minimum Gasteiger partial charge on any atom is -0.396 e. The molecule has 0 fully saturated rings. The van der Waals surface area contributed by atoms with Gasteiger partial charge in [-0.25, -0.2) is 15.3 Å². The first-order valence-corrected chi connectivity index (χ1v) is 9.34. The van der Waals surface area contributed by atoms with E-state index in [0.717, 1.165) is 32.7 Å². The number of benzene rings is 3. The molecule has 0 amide bonds. The van der Waals surface area contributed by atoms with Crippen molar-refractivity contribution in [3.8, 4) is 0 Å². The molecule has 3 aromatic heterocycles. The molecule has 8 heteroatoms. The fraction of sp³-hybridized carbons (Fsp3) is 0. The molecule has 0 spiro atoms. The van der Waals surface area contributed by atoms with Gasteiger partial charge in [-0.3, -0.25) is 0 Å². The van der Waals surface area contributed by atoms with Gasteiger partial charge in [0.25, 0.3) is 0 Å². The van der Waals surface area contributed by atoms with Gasteiger partial charge in [0.1, 0.15) is 0 Å². The average molecular weight is 568 g/mol. The van der Waals surface area contributed by atoms with Crippen molar-refractivity contribution in [2.45, 2.75) is 0 Å². The summed E-state index contributed by atoms with van der Waals surface area (Å²) >= 11 is 0. The van der Waals surface area contributed by atoms with Crippen molar-refractivity contribution in [3.05, 3.63) is 91.4 Å². The molecule has 0 unspecified atom stereocenters. The van der Waals surface area contributed by atoms with E-state index in [9.17, 15) is 0 Å². The van der Waals surface area contributed by atoms with E-state index in [1.807, 2.05) is 55.0 Å². The van der Waals surface area contributed by atoms with E-state index in [1.54, 1.807) is 0 Å². The summed E-state index contributed by atoms with van der Waals surface area (Å²) < 4.78 is 6.19. The molecular weight excluding hydrogens is 551 g/mol. The molecule has 0 radical (unpaired) electrons. The topological polar surface area (TPSA) is 53.5 Å². The van der Waals surface area contributed by atoms with Gasteiger partial charge in [0.15, 0.2) is 0 Å². The Labute approximate surface area is 187 Å². The predicted octanol–water partition coefficient (Wildman–Crippen LogP) is 3.02. The number of para-hydroxylation sites is 3. The van der Waals surface area contributed by atoms with E-state index < -0.39 is 7.12 Å². The quantitative estimate of drug-likeness (QED) is 0.309. The third-order valence-corrected chi connectivity index (χ3v) is 5.46. The molecule has 3 heterocycles. The summed E-state index contributed by atoms with van der Waals surface area (Å²) in [6.45, 7) is 0. The van der Waals surface area contributed by atoms with E-state index in [1.165, 1.54) is 0 Å². The molecule has 0 saturated carbocycles. The molecule has 6 nitrogen and oxygen atoms in total. The summed E-state index contributed by atoms with van der Waals surface area (Å²) in [5.41, 5.74) is 3.21. The maximum atomic E-state index is 4.75. The van der Waals surface area contributed by atoms with Crippen LogP contribution in [0.4, 0.5) is 0 Å². The van der Waals surface area contributed by atoms with Crippen molar-refractivity contribution in [2.75, 3.05) is 0 Å². The predicted molar refractivity (Wildman–Crippen MR) is 118 cm³/mol. The van der Waals surface area contributed by atoms with Crippen LogP contribution in [0.3, 0.4) is 0 Å². The van der Waals surface area contributed by atoms with Gasteiger partial charge >= 0.3 is 34.4 Å². The molecule has 0 aliphatic heterocycles. The Balaban J connectivity index is 0.00000181. The fourth-order valence-corrected chi connectivity index (χ4v) is 4.13. The van der Waals surface area contributed by atoms with Gasteiger partial charge in [0.05, 0.1) is 18.6 Å². The maximum Gasteiger partial charge on any atom is 1.00 e. The third-order valence-electron chi connectivity index (χ3n) is 5.46. The Bertz CT molecular complexity index is 1270. The van der Waals surface area contributed by atoms with Crippen LogP contribution in [-0.4, -0.2) is 63.5 Å². The van der Waals surface area contributed by atoms with E-state index in [2.05, 4.69) is 50.2 Å². The summed E-state index contributed by atoms with van der Waals surface area (Å²) in [6.07, 6.45) is 5.73. The van der Waals surface area contributed by atoms with Crippen LogP contribution in [0.15, 0.2) is 91.4 Å². The smallest absolute Gasteiger partial charge is 0.396 e. The number of nitrogens with zero attached hydrogens (tertiary/aromatic N) is 6. The molecule has 3 aromatic carbocycles. The summed E-state index contributed by atoms with van der Waals surface area (Å²) in [5, 5.41) is 17.6. The molecule has 6 aromatic rings. The van der Waals surface area contributed by atoms with Crippen LogP contribution in [0.25, 0.3) is 32.7 Å². The Morgan fingerprint density at radius 1 is 0.483 bits per heavy atom. The van der Waals surface area contributed by atoms with Crippen molar-refractivity contribution < 1.29 is 0 Å². The van der Waals surface area contributed by atoms with Gasteiger partial charge in [-0.15, -0.1) is 0 Å². The first kappa shape index (κ1) is 18.1. The largest absolute Gasteiger partial charge is 1.00 e. The van der Waals surface area contributed by atoms with Gasteiger partial charge < -0.3 is 13.8 Å². The van der Waals surface area contributed by atoms with Crippen molar-refractivity contribution in [2.24, 2.45) is 0 Å². The average Bonchev–Trinajstić information content (AvgIpc) is 3.47. The first-order valence-electron chi connectivity index (χ1n) is 9.34. The molecule has 6 rings (SSSR count). The first-order chi connectivity index (χ1) is 13.9. The SMILES string of the molecule is [Tl+].c1ccc2c(c1)cnn2[BH-](n1ncc2ccccc21)n1ncc2ccccc21. The van der Waals surface area contributed by atoms with Gasteiger partial charge in [-0.05, 0) is 18.2 Å². The normalized spacial score (nSPS) is 11.5. The Hall–Kier alpha value is -2.94. The second kappa shape index (κ2) is 7.14. The second-order valence-corrected chi connectivity index (χ2v) is 7.03. The molecule has 0 atom stereocenters. The number of hydrogen-bond acceptors (Lipinski definition) is 3. The van der Waals surface area contributed by atoms with Crippen LogP contribution in [0.5, 0.6) is 0 Å². The number of aromatic nitrogens is 6. The molecule has 0 saturated heterocycles. The van der Waals surface area contributed by atoms with Gasteiger partial charge in [0.2, 0.25) is 0 Å². The van der Waals surface area contributed by atoms with Crippen molar-refractivity contribution >= 4 is 67.1 Å². The molecule has 0 aliphatic rings. The van der Waals surface area contributed by atoms with Crippen LogP contribution >= 0.6 is 0 Å². The minimum absolute atomic E-state index is 0. The summed E-state index contributed by atoms with van der Waals surface area (Å²) in [7, 11) is -1.46. The molecule has 136 valence electrons. The van der Waals surface area contributed by atoms with Crippen LogP contribution in [0.1, 0.15) is 0 Å². The van der Waals surface area contributed by atoms with Crippen molar-refractivity contribution in [1.82, 2.24) is 29.1 Å². The van der Waals surface area contributed by atoms with Crippen LogP contribution in [0.2, 0.25) is 0 Å². The zero-order chi connectivity index (χ0) is 18.5. The fourth-order valence-electron chi connectivity index (χ4n) is 4.13. The molecule has 0 bridgehead atoms. The Kier molecular flexibility index (Phi) is 4.46. The third kappa shape index (κ3) is 2.79. The number of fused-ring (bicyclic) bond motifs is 3. The monoisotopic (exact) mass is 568 g/mol. The number of rotatable bonds is 3. The zero-order valence-electron chi connectivity index (χ0n) is 15.6. The standard InChI is InChI=1S/C21H16BN6.Tl/c1-4-10-19-16(7-1)13-23-26(19)22(27-20-11-5-2-8-17(20)14-24-27)28-21-12-6-3-9-18(21)15-25-28;/h1-15,22H;/q-1;+1. The second-order valence-electron chi connectivity index (χ2n) is 7.03. The van der Waals surface area contributed by atoms with Gasteiger partial charge in [-0.1, -0.05) is 54.6 Å². The van der Waals surface area contributed by atoms with Gasteiger partial charge in [0, 0.05) is 32.7 Å². The summed E-state index contributed by atoms with van der Waals surface area (Å²) in [5.74, 6) is 0. The van der Waals surface area contributed by atoms with Crippen LogP contribution in [0, 0.1) is 0 Å². The van der Waals surface area contributed by atoms with Crippen molar-refractivity contribution in [3.63, 3.8) is 0 Å². The Morgan fingerprint density at radius 3 is 1.14 bits per heavy atom. The van der Waals surface area contributed by atoms with E-state index >= 15 is 0 Å². The molecule has 29 heavy (non-hydrogen) atoms. The van der Waals surface area contributed by atoms with E-state index in [-0.39, 0.29) is 27.3 Å². The van der Waals surface area contributed by atoms with E-state index in [4.69, 9.17) is 15.3 Å². The number of hydrogen-bond donors (Lipinski definition) is 0. The van der Waals surface area contributed by atoms with E-state index in [0.29, 0.717) is 0 Å². The molecular formula is C21H16BN6Tl.